The van der Waals surface area contributed by atoms with Crippen LogP contribution in [0.2, 0.25) is 0 Å². The minimum atomic E-state index is -3.24. The Morgan fingerprint density at radius 3 is 2.00 bits per heavy atom. The van der Waals surface area contributed by atoms with Gasteiger partial charge in [-0.05, 0) is 87.5 Å². The second-order valence-electron chi connectivity index (χ2n) is 9.70. The summed E-state index contributed by atoms with van der Waals surface area (Å²) in [7, 11) is -2.35. The van der Waals surface area contributed by atoms with Crippen LogP contribution in [0.15, 0.2) is 60.2 Å². The first-order valence-electron chi connectivity index (χ1n) is 10.7. The van der Waals surface area contributed by atoms with Crippen molar-refractivity contribution in [1.82, 2.24) is 5.06 Å². The molecule has 6 heteroatoms. The normalized spacial score (nSPS) is 19.1. The summed E-state index contributed by atoms with van der Waals surface area (Å²) < 4.78 is 23.9. The highest BCUT2D eigenvalue weighted by molar-refractivity contribution is 8.71. The van der Waals surface area contributed by atoms with Gasteiger partial charge in [0.1, 0.15) is 0 Å². The Labute approximate surface area is 192 Å². The first-order valence-corrected chi connectivity index (χ1v) is 14.1. The van der Waals surface area contributed by atoms with Crippen LogP contribution in [0.5, 0.6) is 0 Å². The van der Waals surface area contributed by atoms with Crippen molar-refractivity contribution in [2.45, 2.75) is 38.8 Å². The van der Waals surface area contributed by atoms with Gasteiger partial charge in [-0.1, -0.05) is 54.6 Å². The summed E-state index contributed by atoms with van der Waals surface area (Å²) >= 11 is 0. The Hall–Kier alpha value is -2.12. The highest BCUT2D eigenvalue weighted by atomic mass is 33.1. The van der Waals surface area contributed by atoms with E-state index >= 15 is 0 Å². The summed E-state index contributed by atoms with van der Waals surface area (Å²) in [5.74, 6) is 0.269. The quantitative estimate of drug-likeness (QED) is 0.265. The zero-order chi connectivity index (χ0) is 23.1. The first kappa shape index (κ1) is 21.7. The molecule has 4 aromatic carbocycles. The molecule has 0 bridgehead atoms. The molecule has 0 saturated heterocycles. The van der Waals surface area contributed by atoms with Gasteiger partial charge < -0.3 is 0 Å². The Bertz CT molecular complexity index is 1500. The van der Waals surface area contributed by atoms with E-state index in [1.165, 1.54) is 27.8 Å². The fraction of sp³-hybridized carbons (Fsp3) is 0.308. The fourth-order valence-electron chi connectivity index (χ4n) is 5.46. The summed E-state index contributed by atoms with van der Waals surface area (Å²) in [5.41, 5.74) is 1.23. The molecule has 0 unspecified atom stereocenters. The molecule has 0 aliphatic carbocycles. The van der Waals surface area contributed by atoms with Gasteiger partial charge in [-0.2, -0.15) is 0 Å². The number of rotatable bonds is 4. The summed E-state index contributed by atoms with van der Waals surface area (Å²) in [5, 5.41) is 21.6. The maximum atomic E-state index is 13.5. The van der Waals surface area contributed by atoms with Crippen molar-refractivity contribution in [1.29, 1.82) is 0 Å². The number of hydrogen-bond donors (Lipinski definition) is 0. The van der Waals surface area contributed by atoms with Gasteiger partial charge in [0, 0.05) is 12.0 Å². The molecule has 5 rings (SSSR count). The second-order valence-corrected chi connectivity index (χ2v) is 14.2. The maximum absolute atomic E-state index is 13.5. The maximum Gasteiger partial charge on any atom is 0.199 e. The molecule has 4 aromatic rings. The third-order valence-electron chi connectivity index (χ3n) is 6.88. The predicted octanol–water partition coefficient (Wildman–Crippen LogP) is 6.25. The SMILES string of the molecule is CC1(C)C(CSS(C)(=O)=O)=C(c2ccc3ccc4cccc5ccc2c3c45)C(C)(C)N1[O]. The molecule has 1 aliphatic heterocycles. The van der Waals surface area contributed by atoms with Crippen LogP contribution >= 0.6 is 10.8 Å². The van der Waals surface area contributed by atoms with Crippen LogP contribution in [0.4, 0.5) is 0 Å². The molecule has 0 atom stereocenters. The lowest BCUT2D eigenvalue weighted by Crippen LogP contribution is -2.47. The van der Waals surface area contributed by atoms with Crippen molar-refractivity contribution < 1.29 is 13.6 Å². The molecule has 165 valence electrons. The number of hydrogen-bond acceptors (Lipinski definition) is 4. The number of hydroxylamine groups is 2. The summed E-state index contributed by atoms with van der Waals surface area (Å²) in [6.07, 6.45) is 1.22. The van der Waals surface area contributed by atoms with Crippen molar-refractivity contribution >= 4 is 57.6 Å². The molecule has 0 aromatic heterocycles. The highest BCUT2D eigenvalue weighted by Gasteiger charge is 2.52. The third-order valence-corrected chi connectivity index (χ3v) is 9.36. The lowest BCUT2D eigenvalue weighted by Gasteiger charge is -2.35. The summed E-state index contributed by atoms with van der Waals surface area (Å²) in [4.78, 5) is 0. The van der Waals surface area contributed by atoms with Crippen LogP contribution in [0, 0.1) is 0 Å². The van der Waals surface area contributed by atoms with E-state index in [4.69, 9.17) is 0 Å². The van der Waals surface area contributed by atoms with Crippen molar-refractivity contribution in [3.05, 3.63) is 65.7 Å². The molecule has 32 heavy (non-hydrogen) atoms. The zero-order valence-corrected chi connectivity index (χ0v) is 20.5. The van der Waals surface area contributed by atoms with Gasteiger partial charge in [0.2, 0.25) is 0 Å². The molecule has 0 spiro atoms. The molecule has 0 fully saturated rings. The van der Waals surface area contributed by atoms with E-state index in [1.807, 2.05) is 27.7 Å². The average Bonchev–Trinajstić information content (AvgIpc) is 2.86. The first-order chi connectivity index (χ1) is 14.9. The van der Waals surface area contributed by atoms with E-state index in [1.54, 1.807) is 0 Å². The summed E-state index contributed by atoms with van der Waals surface area (Å²) in [6, 6.07) is 19.1. The Balaban J connectivity index is 1.87. The molecule has 1 radical (unpaired) electrons. The van der Waals surface area contributed by atoms with Gasteiger partial charge in [0.25, 0.3) is 0 Å². The lowest BCUT2D eigenvalue weighted by molar-refractivity contribution is -0.236. The van der Waals surface area contributed by atoms with Crippen LogP contribution in [-0.2, 0) is 14.1 Å². The monoisotopic (exact) mass is 464 g/mol. The minimum Gasteiger partial charge on any atom is -0.218 e. The third kappa shape index (κ3) is 3.08. The molecule has 0 N–H and O–H groups in total. The van der Waals surface area contributed by atoms with Crippen molar-refractivity contribution in [2.75, 3.05) is 12.0 Å². The van der Waals surface area contributed by atoms with Gasteiger partial charge in [-0.3, -0.25) is 0 Å². The molecule has 0 amide bonds. The topological polar surface area (TPSA) is 57.3 Å². The van der Waals surface area contributed by atoms with E-state index in [0.29, 0.717) is 0 Å². The van der Waals surface area contributed by atoms with Crippen molar-refractivity contribution in [2.24, 2.45) is 0 Å². The minimum absolute atomic E-state index is 0.269. The van der Waals surface area contributed by atoms with Crippen LogP contribution in [-0.4, -0.2) is 36.6 Å². The Morgan fingerprint density at radius 2 is 1.38 bits per heavy atom. The lowest BCUT2D eigenvalue weighted by atomic mass is 9.82. The molecule has 4 nitrogen and oxygen atoms in total. The van der Waals surface area contributed by atoms with Crippen LogP contribution in [0.25, 0.3) is 37.9 Å². The fourth-order valence-corrected chi connectivity index (χ4v) is 7.28. The average molecular weight is 465 g/mol. The van der Waals surface area contributed by atoms with Gasteiger partial charge in [-0.25, -0.2) is 8.42 Å². The van der Waals surface area contributed by atoms with Crippen LogP contribution in [0.1, 0.15) is 33.3 Å². The second kappa shape index (κ2) is 6.94. The van der Waals surface area contributed by atoms with Gasteiger partial charge >= 0.3 is 0 Å². The number of nitrogens with zero attached hydrogens (tertiary/aromatic N) is 1. The van der Waals surface area contributed by atoms with Crippen molar-refractivity contribution in [3.63, 3.8) is 0 Å². The number of benzene rings is 4. The van der Waals surface area contributed by atoms with Crippen LogP contribution in [0.3, 0.4) is 0 Å². The molecule has 1 aliphatic rings. The van der Waals surface area contributed by atoms with E-state index in [0.717, 1.165) is 43.3 Å². The van der Waals surface area contributed by atoms with E-state index in [-0.39, 0.29) is 5.75 Å². The Morgan fingerprint density at radius 1 is 0.812 bits per heavy atom. The van der Waals surface area contributed by atoms with Gasteiger partial charge in [-0.15, -0.1) is 10.3 Å². The van der Waals surface area contributed by atoms with Crippen LogP contribution < -0.4 is 0 Å². The zero-order valence-electron chi connectivity index (χ0n) is 18.9. The summed E-state index contributed by atoms with van der Waals surface area (Å²) in [6.45, 7) is 7.66. The smallest absolute Gasteiger partial charge is 0.199 e. The largest absolute Gasteiger partial charge is 0.218 e. The molecular formula is C26H26NO3S2. The van der Waals surface area contributed by atoms with E-state index in [9.17, 15) is 13.6 Å². The standard InChI is InChI=1S/C26H26NO3S2/c1-25(2)21(15-31-32(5,29)30)24(26(3,4)27(25)28)20-14-12-18-10-9-16-7-6-8-17-11-13-19(20)23(18)22(16)17/h6-14H,15H2,1-5H3. The molecule has 0 saturated carbocycles. The van der Waals surface area contributed by atoms with Crippen molar-refractivity contribution in [3.8, 4) is 0 Å². The van der Waals surface area contributed by atoms with E-state index in [2.05, 4.69) is 54.6 Å². The van der Waals surface area contributed by atoms with Gasteiger partial charge in [0.15, 0.2) is 8.87 Å². The Kier molecular flexibility index (Phi) is 4.71. The van der Waals surface area contributed by atoms with E-state index < -0.39 is 19.9 Å². The molecular weight excluding hydrogens is 438 g/mol. The predicted molar refractivity (Wildman–Crippen MR) is 135 cm³/mol. The highest BCUT2D eigenvalue weighted by Crippen LogP contribution is 2.52. The van der Waals surface area contributed by atoms with Gasteiger partial charge in [0.05, 0.1) is 11.1 Å². The molecule has 1 heterocycles.